The molecule has 1 aromatic rings. The number of pyridine rings is 1. The highest BCUT2D eigenvalue weighted by Gasteiger charge is 2.10. The number of carbonyl (C=O) groups is 1. The first-order valence-corrected chi connectivity index (χ1v) is 5.02. The molecule has 0 spiro atoms. The molecule has 0 amide bonds. The third-order valence-electron chi connectivity index (χ3n) is 1.95. The van der Waals surface area contributed by atoms with Crippen LogP contribution < -0.4 is 5.73 Å². The molecule has 1 atom stereocenters. The highest BCUT2D eigenvalue weighted by Crippen LogP contribution is 2.03. The summed E-state index contributed by atoms with van der Waals surface area (Å²) in [5, 5.41) is 0. The number of carbonyl (C=O) groups excluding carboxylic acids is 1. The molecule has 0 aromatic carbocycles. The Hall–Kier alpha value is -1.13. The Morgan fingerprint density at radius 1 is 1.62 bits per heavy atom. The molecule has 0 saturated carbocycles. The van der Waals surface area contributed by atoms with Crippen LogP contribution in [0, 0.1) is 0 Å². The lowest BCUT2D eigenvalue weighted by Crippen LogP contribution is -2.27. The van der Waals surface area contributed by atoms with Gasteiger partial charge in [0.2, 0.25) is 0 Å². The van der Waals surface area contributed by atoms with Crippen molar-refractivity contribution in [2.45, 2.75) is 25.8 Å². The van der Waals surface area contributed by atoms with E-state index >= 15 is 0 Å². The van der Waals surface area contributed by atoms with Crippen molar-refractivity contribution in [2.24, 2.45) is 5.73 Å². The summed E-state index contributed by atoms with van der Waals surface area (Å²) in [4.78, 5) is 15.1. The first-order chi connectivity index (χ1) is 7.22. The van der Waals surface area contributed by atoms with E-state index in [2.05, 4.69) is 4.98 Å². The van der Waals surface area contributed by atoms with E-state index in [1.54, 1.807) is 19.3 Å². The lowest BCUT2D eigenvalue weighted by atomic mass is 10.1. The third-order valence-corrected chi connectivity index (χ3v) is 1.95. The topological polar surface area (TPSA) is 65.2 Å². The van der Waals surface area contributed by atoms with Crippen LogP contribution in [0.4, 0.5) is 0 Å². The van der Waals surface area contributed by atoms with Crippen LogP contribution in [0.1, 0.15) is 18.9 Å². The Morgan fingerprint density at radius 3 is 2.94 bits per heavy atom. The fourth-order valence-electron chi connectivity index (χ4n) is 1.33. The summed E-state index contributed by atoms with van der Waals surface area (Å²) in [6, 6.07) is 3.60. The molecule has 0 aliphatic heterocycles. The van der Waals surface area contributed by atoms with Crippen molar-refractivity contribution < 1.29 is 9.53 Å². The maximum atomic E-state index is 11.1. The van der Waals surface area contributed by atoms with Crippen molar-refractivity contribution in [3.8, 4) is 0 Å². The van der Waals surface area contributed by atoms with Crippen molar-refractivity contribution in [3.63, 3.8) is 0 Å². The molecule has 0 radical (unpaired) electrons. The van der Waals surface area contributed by atoms with Crippen molar-refractivity contribution in [1.29, 1.82) is 0 Å². The molecule has 1 heterocycles. The number of halogens is 1. The number of ether oxygens (including phenoxy) is 1. The second-order valence-electron chi connectivity index (χ2n) is 3.33. The highest BCUT2D eigenvalue weighted by atomic mass is 35.5. The van der Waals surface area contributed by atoms with Crippen LogP contribution in [-0.2, 0) is 16.0 Å². The zero-order valence-electron chi connectivity index (χ0n) is 9.26. The first-order valence-electron chi connectivity index (χ1n) is 5.02. The van der Waals surface area contributed by atoms with Gasteiger partial charge in [0.25, 0.3) is 0 Å². The molecule has 0 fully saturated rings. The lowest BCUT2D eigenvalue weighted by molar-refractivity contribution is -0.143. The standard InChI is InChI=1S/C11H16N2O2.ClH/c1-2-15-11(14)7-10(12)6-9-4-3-5-13-8-9;/h3-5,8,10H,2,6-7,12H2,1H3;1H. The quantitative estimate of drug-likeness (QED) is 0.794. The summed E-state index contributed by atoms with van der Waals surface area (Å²) < 4.78 is 4.82. The number of hydrogen-bond acceptors (Lipinski definition) is 4. The molecule has 16 heavy (non-hydrogen) atoms. The SMILES string of the molecule is CCOC(=O)CC(N)Cc1cccnc1.Cl. The Balaban J connectivity index is 0.00000225. The van der Waals surface area contributed by atoms with Gasteiger partial charge in [-0.05, 0) is 25.0 Å². The molecule has 5 heteroatoms. The molecule has 1 unspecified atom stereocenters. The second-order valence-corrected chi connectivity index (χ2v) is 3.33. The average Bonchev–Trinajstić information content (AvgIpc) is 2.19. The molecule has 1 aromatic heterocycles. The maximum Gasteiger partial charge on any atom is 0.307 e. The van der Waals surface area contributed by atoms with Gasteiger partial charge in [-0.1, -0.05) is 6.07 Å². The van der Waals surface area contributed by atoms with Crippen LogP contribution in [0.25, 0.3) is 0 Å². The van der Waals surface area contributed by atoms with Crippen molar-refractivity contribution in [2.75, 3.05) is 6.61 Å². The van der Waals surface area contributed by atoms with Gasteiger partial charge in [0, 0.05) is 18.4 Å². The molecule has 0 aliphatic rings. The van der Waals surface area contributed by atoms with E-state index in [9.17, 15) is 4.79 Å². The van der Waals surface area contributed by atoms with E-state index in [0.717, 1.165) is 5.56 Å². The summed E-state index contributed by atoms with van der Waals surface area (Å²) in [6.45, 7) is 2.18. The van der Waals surface area contributed by atoms with Gasteiger partial charge < -0.3 is 10.5 Å². The molecule has 90 valence electrons. The Morgan fingerprint density at radius 2 is 2.38 bits per heavy atom. The first kappa shape index (κ1) is 14.9. The molecule has 0 saturated heterocycles. The fraction of sp³-hybridized carbons (Fsp3) is 0.455. The van der Waals surface area contributed by atoms with Crippen LogP contribution in [0.3, 0.4) is 0 Å². The number of hydrogen-bond donors (Lipinski definition) is 1. The average molecular weight is 245 g/mol. The van der Waals surface area contributed by atoms with E-state index in [1.165, 1.54) is 0 Å². The summed E-state index contributed by atoms with van der Waals surface area (Å²) >= 11 is 0. The predicted molar refractivity (Wildman–Crippen MR) is 64.4 cm³/mol. The van der Waals surface area contributed by atoms with Crippen molar-refractivity contribution in [1.82, 2.24) is 4.98 Å². The zero-order valence-corrected chi connectivity index (χ0v) is 10.1. The van der Waals surface area contributed by atoms with Crippen molar-refractivity contribution in [3.05, 3.63) is 30.1 Å². The zero-order chi connectivity index (χ0) is 11.1. The number of nitrogens with zero attached hydrogens (tertiary/aromatic N) is 1. The highest BCUT2D eigenvalue weighted by molar-refractivity contribution is 5.85. The van der Waals surface area contributed by atoms with E-state index in [-0.39, 0.29) is 30.8 Å². The third kappa shape index (κ3) is 5.68. The smallest absolute Gasteiger partial charge is 0.307 e. The summed E-state index contributed by atoms with van der Waals surface area (Å²) in [7, 11) is 0. The monoisotopic (exact) mass is 244 g/mol. The fourth-order valence-corrected chi connectivity index (χ4v) is 1.33. The largest absolute Gasteiger partial charge is 0.466 e. The number of nitrogens with two attached hydrogens (primary N) is 1. The second kappa shape index (κ2) is 8.07. The van der Waals surface area contributed by atoms with Crippen molar-refractivity contribution >= 4 is 18.4 Å². The Labute approximate surface area is 102 Å². The van der Waals surface area contributed by atoms with Gasteiger partial charge in [-0.15, -0.1) is 12.4 Å². The van der Waals surface area contributed by atoms with Crippen LogP contribution in [0.15, 0.2) is 24.5 Å². The molecule has 0 aliphatic carbocycles. The Bertz CT molecular complexity index is 306. The van der Waals surface area contributed by atoms with Crippen LogP contribution in [0.2, 0.25) is 0 Å². The van der Waals surface area contributed by atoms with E-state index < -0.39 is 0 Å². The van der Waals surface area contributed by atoms with E-state index in [1.807, 2.05) is 12.1 Å². The minimum Gasteiger partial charge on any atom is -0.466 e. The van der Waals surface area contributed by atoms with Gasteiger partial charge >= 0.3 is 5.97 Å². The molecule has 0 bridgehead atoms. The summed E-state index contributed by atoms with van der Waals surface area (Å²) in [6.07, 6.45) is 4.36. The van der Waals surface area contributed by atoms with Crippen LogP contribution in [-0.4, -0.2) is 23.6 Å². The van der Waals surface area contributed by atoms with Crippen LogP contribution in [0.5, 0.6) is 0 Å². The van der Waals surface area contributed by atoms with Crippen LogP contribution >= 0.6 is 12.4 Å². The van der Waals surface area contributed by atoms with Gasteiger partial charge in [-0.25, -0.2) is 0 Å². The van der Waals surface area contributed by atoms with Gasteiger partial charge in [0.1, 0.15) is 0 Å². The minimum absolute atomic E-state index is 0. The number of aromatic nitrogens is 1. The lowest BCUT2D eigenvalue weighted by Gasteiger charge is -2.10. The molecule has 2 N–H and O–H groups in total. The maximum absolute atomic E-state index is 11.1. The van der Waals surface area contributed by atoms with Gasteiger partial charge in [0.15, 0.2) is 0 Å². The van der Waals surface area contributed by atoms with E-state index in [0.29, 0.717) is 13.0 Å². The molecule has 4 nitrogen and oxygen atoms in total. The molecular weight excluding hydrogens is 228 g/mol. The summed E-state index contributed by atoms with van der Waals surface area (Å²) in [5.41, 5.74) is 6.84. The van der Waals surface area contributed by atoms with Gasteiger partial charge in [-0.2, -0.15) is 0 Å². The van der Waals surface area contributed by atoms with Gasteiger partial charge in [-0.3, -0.25) is 9.78 Å². The Kier molecular flexibility index (Phi) is 7.50. The number of rotatable bonds is 5. The molecule has 1 rings (SSSR count). The normalized spacial score (nSPS) is 11.4. The summed E-state index contributed by atoms with van der Waals surface area (Å²) in [5.74, 6) is -0.242. The van der Waals surface area contributed by atoms with Gasteiger partial charge in [0.05, 0.1) is 13.0 Å². The number of esters is 1. The minimum atomic E-state index is -0.242. The molecular formula is C11H17ClN2O2. The van der Waals surface area contributed by atoms with E-state index in [4.69, 9.17) is 10.5 Å². The predicted octanol–water partition coefficient (Wildman–Crippen LogP) is 1.33.